The van der Waals surface area contributed by atoms with E-state index < -0.39 is 0 Å². The highest BCUT2D eigenvalue weighted by Crippen LogP contribution is 2.23. The Labute approximate surface area is 124 Å². The fourth-order valence-electron chi connectivity index (χ4n) is 2.01. The van der Waals surface area contributed by atoms with Crippen LogP contribution in [-0.4, -0.2) is 35.4 Å². The average molecular weight is 294 g/mol. The molecular weight excluding hydrogens is 272 g/mol. The molecule has 0 saturated heterocycles. The summed E-state index contributed by atoms with van der Waals surface area (Å²) in [5.41, 5.74) is 2.21. The summed E-state index contributed by atoms with van der Waals surface area (Å²) in [6, 6.07) is 4.35. The second-order valence-corrected chi connectivity index (χ2v) is 6.22. The van der Waals surface area contributed by atoms with Crippen molar-refractivity contribution in [3.05, 3.63) is 23.4 Å². The van der Waals surface area contributed by atoms with Gasteiger partial charge in [0.05, 0.1) is 11.6 Å². The first-order valence-electron chi connectivity index (χ1n) is 7.09. The lowest BCUT2D eigenvalue weighted by Crippen LogP contribution is -2.41. The van der Waals surface area contributed by atoms with Gasteiger partial charge < -0.3 is 10.1 Å². The van der Waals surface area contributed by atoms with Gasteiger partial charge in [0.2, 0.25) is 0 Å². The largest absolute Gasteiger partial charge is 0.465 e. The third-order valence-electron chi connectivity index (χ3n) is 3.06. The van der Waals surface area contributed by atoms with E-state index in [1.54, 1.807) is 11.8 Å². The van der Waals surface area contributed by atoms with Crippen LogP contribution in [0.25, 0.3) is 0 Å². The molecule has 5 heteroatoms. The van der Waals surface area contributed by atoms with Crippen molar-refractivity contribution >= 4 is 17.7 Å². The van der Waals surface area contributed by atoms with Crippen molar-refractivity contribution in [2.75, 3.05) is 12.4 Å². The summed E-state index contributed by atoms with van der Waals surface area (Å²) in [6.07, 6.45) is 2.31. The summed E-state index contributed by atoms with van der Waals surface area (Å²) in [5, 5.41) is 4.32. The highest BCUT2D eigenvalue weighted by molar-refractivity contribution is 7.99. The molecule has 0 bridgehead atoms. The standard InChI is InChI=1S/C15H22N2O2S/c1-4-19-15(18)13(17-12-5-6-12)9-20-14-8-10(2)7-11(3)16-14/h7-8,12-13,17H,4-6,9H2,1-3H3. The second-order valence-electron chi connectivity index (χ2n) is 5.18. The van der Waals surface area contributed by atoms with E-state index in [0.717, 1.165) is 23.6 Å². The molecule has 4 nitrogen and oxygen atoms in total. The third kappa shape index (κ3) is 4.80. The highest BCUT2D eigenvalue weighted by Gasteiger charge is 2.29. The molecular formula is C15H22N2O2S. The topological polar surface area (TPSA) is 51.2 Å². The average Bonchev–Trinajstić information content (AvgIpc) is 3.17. The number of nitrogens with one attached hydrogen (secondary N) is 1. The normalized spacial score (nSPS) is 15.9. The number of aryl methyl sites for hydroxylation is 2. The molecule has 1 saturated carbocycles. The van der Waals surface area contributed by atoms with Gasteiger partial charge >= 0.3 is 5.97 Å². The van der Waals surface area contributed by atoms with Crippen molar-refractivity contribution in [3.63, 3.8) is 0 Å². The van der Waals surface area contributed by atoms with Gasteiger partial charge in [-0.15, -0.1) is 11.8 Å². The van der Waals surface area contributed by atoms with Crippen LogP contribution in [0.1, 0.15) is 31.0 Å². The molecule has 1 unspecified atom stereocenters. The Morgan fingerprint density at radius 1 is 1.50 bits per heavy atom. The number of aromatic nitrogens is 1. The molecule has 1 heterocycles. The molecule has 0 radical (unpaired) electrons. The van der Waals surface area contributed by atoms with Crippen LogP contribution in [0.4, 0.5) is 0 Å². The second kappa shape index (κ2) is 7.09. The van der Waals surface area contributed by atoms with E-state index in [1.165, 1.54) is 5.56 Å². The summed E-state index contributed by atoms with van der Waals surface area (Å²) >= 11 is 1.61. The first kappa shape index (κ1) is 15.3. The van der Waals surface area contributed by atoms with Crippen LogP contribution in [0.3, 0.4) is 0 Å². The van der Waals surface area contributed by atoms with Crippen LogP contribution in [0.5, 0.6) is 0 Å². The van der Waals surface area contributed by atoms with Gasteiger partial charge in [-0.3, -0.25) is 4.79 Å². The van der Waals surface area contributed by atoms with Crippen LogP contribution in [0.2, 0.25) is 0 Å². The number of nitrogens with zero attached hydrogens (tertiary/aromatic N) is 1. The summed E-state index contributed by atoms with van der Waals surface area (Å²) < 4.78 is 5.13. The molecule has 1 fully saturated rings. The van der Waals surface area contributed by atoms with Crippen molar-refractivity contribution in [3.8, 4) is 0 Å². The third-order valence-corrected chi connectivity index (χ3v) is 4.06. The van der Waals surface area contributed by atoms with Gasteiger partial charge in [-0.2, -0.15) is 0 Å². The summed E-state index contributed by atoms with van der Waals surface area (Å²) in [4.78, 5) is 16.4. The Bertz CT molecular complexity index is 455. The van der Waals surface area contributed by atoms with Gasteiger partial charge in [0.15, 0.2) is 0 Å². The summed E-state index contributed by atoms with van der Waals surface area (Å²) in [7, 11) is 0. The number of ether oxygens (including phenoxy) is 1. The lowest BCUT2D eigenvalue weighted by atomic mass is 10.3. The number of carbonyl (C=O) groups excluding carboxylic acids is 1. The minimum Gasteiger partial charge on any atom is -0.465 e. The number of hydrogen-bond acceptors (Lipinski definition) is 5. The van der Waals surface area contributed by atoms with Gasteiger partial charge in [0.25, 0.3) is 0 Å². The first-order chi connectivity index (χ1) is 9.58. The molecule has 1 aromatic rings. The fraction of sp³-hybridized carbons (Fsp3) is 0.600. The van der Waals surface area contributed by atoms with Crippen LogP contribution in [0.15, 0.2) is 17.2 Å². The molecule has 1 N–H and O–H groups in total. The molecule has 1 aliphatic carbocycles. The van der Waals surface area contributed by atoms with Crippen molar-refractivity contribution in [2.24, 2.45) is 0 Å². The minimum atomic E-state index is -0.241. The molecule has 1 aromatic heterocycles. The van der Waals surface area contributed by atoms with E-state index in [4.69, 9.17) is 4.74 Å². The molecule has 110 valence electrons. The Kier molecular flexibility index (Phi) is 5.43. The number of carbonyl (C=O) groups is 1. The van der Waals surface area contributed by atoms with Crippen molar-refractivity contribution < 1.29 is 9.53 Å². The fourth-order valence-corrected chi connectivity index (χ4v) is 3.06. The Morgan fingerprint density at radius 2 is 2.25 bits per heavy atom. The summed E-state index contributed by atoms with van der Waals surface area (Å²) in [5.74, 6) is 0.502. The van der Waals surface area contributed by atoms with Crippen molar-refractivity contribution in [1.29, 1.82) is 0 Å². The van der Waals surface area contributed by atoms with Crippen LogP contribution < -0.4 is 5.32 Å². The van der Waals surface area contributed by atoms with Crippen LogP contribution in [-0.2, 0) is 9.53 Å². The zero-order valence-corrected chi connectivity index (χ0v) is 13.1. The molecule has 0 aliphatic heterocycles. The molecule has 0 spiro atoms. The molecule has 0 amide bonds. The SMILES string of the molecule is CCOC(=O)C(CSc1cc(C)cc(C)n1)NC1CC1. The van der Waals surface area contributed by atoms with E-state index in [2.05, 4.69) is 29.4 Å². The lowest BCUT2D eigenvalue weighted by molar-refractivity contribution is -0.145. The van der Waals surface area contributed by atoms with E-state index >= 15 is 0 Å². The molecule has 20 heavy (non-hydrogen) atoms. The molecule has 1 atom stereocenters. The van der Waals surface area contributed by atoms with Crippen molar-refractivity contribution in [2.45, 2.75) is 50.7 Å². The quantitative estimate of drug-likeness (QED) is 0.618. The maximum atomic E-state index is 11.9. The number of pyridine rings is 1. The monoisotopic (exact) mass is 294 g/mol. The number of thioether (sulfide) groups is 1. The zero-order valence-electron chi connectivity index (χ0n) is 12.3. The number of rotatable bonds is 7. The molecule has 0 aromatic carbocycles. The highest BCUT2D eigenvalue weighted by atomic mass is 32.2. The van der Waals surface area contributed by atoms with Gasteiger partial charge in [-0.05, 0) is 51.3 Å². The number of esters is 1. The van der Waals surface area contributed by atoms with Crippen LogP contribution >= 0.6 is 11.8 Å². The predicted octanol–water partition coefficient (Wildman–Crippen LogP) is 2.47. The van der Waals surface area contributed by atoms with Crippen molar-refractivity contribution in [1.82, 2.24) is 10.3 Å². The maximum Gasteiger partial charge on any atom is 0.324 e. The zero-order chi connectivity index (χ0) is 14.5. The maximum absolute atomic E-state index is 11.9. The van der Waals surface area contributed by atoms with Crippen LogP contribution in [0, 0.1) is 13.8 Å². The molecule has 2 rings (SSSR count). The Balaban J connectivity index is 1.94. The molecule has 1 aliphatic rings. The lowest BCUT2D eigenvalue weighted by Gasteiger charge is -2.16. The summed E-state index contributed by atoms with van der Waals surface area (Å²) in [6.45, 7) is 6.31. The van der Waals surface area contributed by atoms with Gasteiger partial charge in [0, 0.05) is 17.5 Å². The smallest absolute Gasteiger partial charge is 0.324 e. The number of hydrogen-bond donors (Lipinski definition) is 1. The first-order valence-corrected chi connectivity index (χ1v) is 8.08. The van der Waals surface area contributed by atoms with Gasteiger partial charge in [-0.1, -0.05) is 0 Å². The predicted molar refractivity (Wildman–Crippen MR) is 81.0 cm³/mol. The van der Waals surface area contributed by atoms with Gasteiger partial charge in [0.1, 0.15) is 6.04 Å². The minimum absolute atomic E-state index is 0.156. The van der Waals surface area contributed by atoms with E-state index in [9.17, 15) is 4.79 Å². The Morgan fingerprint density at radius 3 is 2.85 bits per heavy atom. The van der Waals surface area contributed by atoms with E-state index in [0.29, 0.717) is 18.4 Å². The van der Waals surface area contributed by atoms with Gasteiger partial charge in [-0.25, -0.2) is 4.98 Å². The Hall–Kier alpha value is -1.07. The van der Waals surface area contributed by atoms with E-state index in [-0.39, 0.29) is 12.0 Å². The van der Waals surface area contributed by atoms with E-state index in [1.807, 2.05) is 13.8 Å².